The van der Waals surface area contributed by atoms with Crippen LogP contribution < -0.4 is 4.74 Å². The van der Waals surface area contributed by atoms with E-state index in [4.69, 9.17) is 4.74 Å². The van der Waals surface area contributed by atoms with Gasteiger partial charge in [0.15, 0.2) is 5.78 Å². The third-order valence-corrected chi connectivity index (χ3v) is 5.32. The number of benzene rings is 2. The average molecular weight is 360 g/mol. The number of nitrogens with zero attached hydrogens (tertiary/aromatic N) is 2. The maximum absolute atomic E-state index is 13.1. The van der Waals surface area contributed by atoms with E-state index in [2.05, 4.69) is 9.88 Å². The number of rotatable bonds is 5. The Hall–Kier alpha value is -2.72. The number of fused-ring (bicyclic) bond motifs is 1. The molecule has 0 N–H and O–H groups in total. The van der Waals surface area contributed by atoms with Crippen molar-refractivity contribution in [3.63, 3.8) is 0 Å². The molecule has 3 aromatic rings. The maximum Gasteiger partial charge on any atom is 0.167 e. The van der Waals surface area contributed by atoms with Gasteiger partial charge in [-0.1, -0.05) is 24.3 Å². The van der Waals surface area contributed by atoms with Gasteiger partial charge >= 0.3 is 0 Å². The SMILES string of the molecule is COc1ccc2cc(C(=O)[C@H]3CCCN(Cc4ccccn4)C3)ccc2c1. The van der Waals surface area contributed by atoms with Gasteiger partial charge in [-0.15, -0.1) is 0 Å². The standard InChI is InChI=1S/C23H24N2O2/c1-27-22-10-9-17-13-19(8-7-18(17)14-22)23(26)20-5-4-12-25(15-20)16-21-6-2-3-11-24-21/h2-3,6-11,13-14,20H,4-5,12,15-16H2,1H3/t20-/m0/s1. The normalized spacial score (nSPS) is 17.7. The summed E-state index contributed by atoms with van der Waals surface area (Å²) < 4.78 is 5.28. The lowest BCUT2D eigenvalue weighted by Crippen LogP contribution is -2.38. The Morgan fingerprint density at radius 2 is 2.00 bits per heavy atom. The number of pyridine rings is 1. The molecule has 4 rings (SSSR count). The summed E-state index contributed by atoms with van der Waals surface area (Å²) in [7, 11) is 1.67. The molecule has 1 aliphatic heterocycles. The van der Waals surface area contributed by atoms with Crippen molar-refractivity contribution in [2.45, 2.75) is 19.4 Å². The zero-order chi connectivity index (χ0) is 18.6. The summed E-state index contributed by atoms with van der Waals surface area (Å²) in [4.78, 5) is 19.9. The highest BCUT2D eigenvalue weighted by atomic mass is 16.5. The quantitative estimate of drug-likeness (QED) is 0.635. The summed E-state index contributed by atoms with van der Waals surface area (Å²) in [6, 6.07) is 17.9. The zero-order valence-electron chi connectivity index (χ0n) is 15.6. The van der Waals surface area contributed by atoms with Gasteiger partial charge in [-0.2, -0.15) is 0 Å². The number of methoxy groups -OCH3 is 1. The second-order valence-electron chi connectivity index (χ2n) is 7.19. The number of likely N-dealkylation sites (tertiary alicyclic amines) is 1. The number of aromatic nitrogens is 1. The summed E-state index contributed by atoms with van der Waals surface area (Å²) in [5, 5.41) is 2.16. The van der Waals surface area contributed by atoms with E-state index in [1.807, 2.05) is 60.8 Å². The predicted octanol–water partition coefficient (Wildman–Crippen LogP) is 4.34. The van der Waals surface area contributed by atoms with E-state index in [1.54, 1.807) is 7.11 Å². The number of Topliss-reactive ketones (excluding diaryl/α,β-unsaturated/α-hetero) is 1. The van der Waals surface area contributed by atoms with Crippen LogP contribution >= 0.6 is 0 Å². The highest BCUT2D eigenvalue weighted by molar-refractivity contribution is 6.01. The first kappa shape index (κ1) is 17.7. The first-order valence-corrected chi connectivity index (χ1v) is 9.47. The first-order valence-electron chi connectivity index (χ1n) is 9.47. The molecule has 1 saturated heterocycles. The molecule has 0 radical (unpaired) electrons. The van der Waals surface area contributed by atoms with Gasteiger partial charge in [0.1, 0.15) is 5.75 Å². The van der Waals surface area contributed by atoms with Crippen LogP contribution in [-0.4, -0.2) is 35.9 Å². The fourth-order valence-electron chi connectivity index (χ4n) is 3.87. The number of piperidine rings is 1. The zero-order valence-corrected chi connectivity index (χ0v) is 15.6. The van der Waals surface area contributed by atoms with Gasteiger partial charge in [-0.3, -0.25) is 14.7 Å². The van der Waals surface area contributed by atoms with E-state index in [1.165, 1.54) is 0 Å². The molecule has 1 aromatic heterocycles. The number of carbonyl (C=O) groups excluding carboxylic acids is 1. The van der Waals surface area contributed by atoms with Crippen LogP contribution in [-0.2, 0) is 6.54 Å². The van der Waals surface area contributed by atoms with Gasteiger partial charge in [-0.25, -0.2) is 0 Å². The first-order chi connectivity index (χ1) is 13.2. The van der Waals surface area contributed by atoms with Crippen LogP contribution in [0.3, 0.4) is 0 Å². The van der Waals surface area contributed by atoms with Crippen molar-refractivity contribution >= 4 is 16.6 Å². The highest BCUT2D eigenvalue weighted by Crippen LogP contribution is 2.26. The van der Waals surface area contributed by atoms with Gasteiger partial charge in [-0.05, 0) is 60.5 Å². The molecule has 2 aromatic carbocycles. The van der Waals surface area contributed by atoms with E-state index in [0.29, 0.717) is 0 Å². The third-order valence-electron chi connectivity index (χ3n) is 5.32. The minimum Gasteiger partial charge on any atom is -0.497 e. The molecule has 4 heteroatoms. The van der Waals surface area contributed by atoms with Crippen molar-refractivity contribution in [3.8, 4) is 5.75 Å². The Morgan fingerprint density at radius 1 is 1.15 bits per heavy atom. The molecule has 0 aliphatic carbocycles. The average Bonchev–Trinajstić information content (AvgIpc) is 2.73. The summed E-state index contributed by atoms with van der Waals surface area (Å²) >= 11 is 0. The molecular weight excluding hydrogens is 336 g/mol. The van der Waals surface area contributed by atoms with Crippen molar-refractivity contribution in [3.05, 3.63) is 72.1 Å². The van der Waals surface area contributed by atoms with Crippen molar-refractivity contribution in [1.29, 1.82) is 0 Å². The van der Waals surface area contributed by atoms with Gasteiger partial charge in [0.2, 0.25) is 0 Å². The van der Waals surface area contributed by atoms with Crippen LogP contribution in [0.15, 0.2) is 60.8 Å². The molecule has 0 amide bonds. The molecule has 0 spiro atoms. The molecular formula is C23H24N2O2. The van der Waals surface area contributed by atoms with Gasteiger partial charge in [0.05, 0.1) is 12.8 Å². The number of hydrogen-bond acceptors (Lipinski definition) is 4. The summed E-state index contributed by atoms with van der Waals surface area (Å²) in [5.74, 6) is 1.13. The molecule has 0 unspecified atom stereocenters. The summed E-state index contributed by atoms with van der Waals surface area (Å²) in [6.45, 7) is 2.63. The third kappa shape index (κ3) is 4.01. The lowest BCUT2D eigenvalue weighted by molar-refractivity contribution is 0.0810. The lowest BCUT2D eigenvalue weighted by Gasteiger charge is -2.31. The molecule has 1 aliphatic rings. The van der Waals surface area contributed by atoms with E-state index in [-0.39, 0.29) is 11.7 Å². The van der Waals surface area contributed by atoms with Crippen LogP contribution in [0, 0.1) is 5.92 Å². The van der Waals surface area contributed by atoms with E-state index in [0.717, 1.165) is 60.3 Å². The highest BCUT2D eigenvalue weighted by Gasteiger charge is 2.26. The molecule has 4 nitrogen and oxygen atoms in total. The lowest BCUT2D eigenvalue weighted by atomic mass is 9.89. The Bertz CT molecular complexity index is 940. The van der Waals surface area contributed by atoms with Crippen LogP contribution in [0.2, 0.25) is 0 Å². The number of carbonyl (C=O) groups is 1. The molecule has 0 bridgehead atoms. The molecule has 1 fully saturated rings. The minimum atomic E-state index is 0.0539. The van der Waals surface area contributed by atoms with Crippen molar-refractivity contribution in [1.82, 2.24) is 9.88 Å². The van der Waals surface area contributed by atoms with Crippen molar-refractivity contribution in [2.75, 3.05) is 20.2 Å². The van der Waals surface area contributed by atoms with Crippen molar-refractivity contribution in [2.24, 2.45) is 5.92 Å². The second kappa shape index (κ2) is 7.89. The molecule has 138 valence electrons. The topological polar surface area (TPSA) is 42.4 Å². The summed E-state index contributed by atoms with van der Waals surface area (Å²) in [6.07, 6.45) is 3.83. The van der Waals surface area contributed by atoms with Crippen molar-refractivity contribution < 1.29 is 9.53 Å². The minimum absolute atomic E-state index is 0.0539. The second-order valence-corrected chi connectivity index (χ2v) is 7.19. The molecule has 27 heavy (non-hydrogen) atoms. The van der Waals surface area contributed by atoms with Gasteiger partial charge in [0, 0.05) is 30.8 Å². The fraction of sp³-hybridized carbons (Fsp3) is 0.304. The Kier molecular flexibility index (Phi) is 5.16. The van der Waals surface area contributed by atoms with Crippen LogP contribution in [0.4, 0.5) is 0 Å². The van der Waals surface area contributed by atoms with Crippen LogP contribution in [0.25, 0.3) is 10.8 Å². The Labute approximate surface area is 159 Å². The number of hydrogen-bond donors (Lipinski definition) is 0. The fourth-order valence-corrected chi connectivity index (χ4v) is 3.87. The number of ketones is 1. The van der Waals surface area contributed by atoms with E-state index >= 15 is 0 Å². The summed E-state index contributed by atoms with van der Waals surface area (Å²) in [5.41, 5.74) is 1.86. The Morgan fingerprint density at radius 3 is 2.81 bits per heavy atom. The monoisotopic (exact) mass is 360 g/mol. The van der Waals surface area contributed by atoms with Crippen LogP contribution in [0.1, 0.15) is 28.9 Å². The predicted molar refractivity (Wildman–Crippen MR) is 107 cm³/mol. The molecule has 0 saturated carbocycles. The van der Waals surface area contributed by atoms with Gasteiger partial charge in [0.25, 0.3) is 0 Å². The maximum atomic E-state index is 13.1. The van der Waals surface area contributed by atoms with E-state index < -0.39 is 0 Å². The molecule has 2 heterocycles. The largest absolute Gasteiger partial charge is 0.497 e. The smallest absolute Gasteiger partial charge is 0.167 e. The van der Waals surface area contributed by atoms with Crippen LogP contribution in [0.5, 0.6) is 5.75 Å². The Balaban J connectivity index is 1.49. The van der Waals surface area contributed by atoms with E-state index in [9.17, 15) is 4.79 Å². The molecule has 1 atom stereocenters. The number of ether oxygens (including phenoxy) is 1. The van der Waals surface area contributed by atoms with Gasteiger partial charge < -0.3 is 4.74 Å².